The van der Waals surface area contributed by atoms with Crippen molar-refractivity contribution < 1.29 is 47.2 Å². The lowest BCUT2D eigenvalue weighted by Gasteiger charge is -2.28. The zero-order valence-electron chi connectivity index (χ0n) is 34.5. The summed E-state index contributed by atoms with van der Waals surface area (Å²) in [6.45, 7) is 3.79. The standard InChI is InChI=1S/C43H76NO9P/c1-6-8-9-10-11-12-13-19-22-25-28-31-34-42(46)50-38-41(39-52-54(48,49)51-37-36-44(3,4)5)53-43(47)35-32-29-26-23-20-17-15-14-16-18-21-24-27-30-33-40(45)7-2/h15-18,23-24,26-27,30,33,40-41,45H,6-14,19-22,25,28-29,31-32,34-39H2,1-5H3/b17-15-,18-16-,26-23-,27-24-,33-30+/t40-,41-/m1/s1. The molecule has 1 unspecified atom stereocenters. The molecule has 0 aromatic heterocycles. The Morgan fingerprint density at radius 1 is 0.685 bits per heavy atom. The third-order valence-corrected chi connectivity index (χ3v) is 9.42. The number of quaternary nitrogens is 1. The zero-order chi connectivity index (χ0) is 40.2. The van der Waals surface area contributed by atoms with Crippen LogP contribution in [-0.4, -0.2) is 81.2 Å². The van der Waals surface area contributed by atoms with Gasteiger partial charge < -0.3 is 33.0 Å². The van der Waals surface area contributed by atoms with E-state index in [2.05, 4.69) is 31.2 Å². The predicted molar refractivity (Wildman–Crippen MR) is 219 cm³/mol. The number of phosphoric ester groups is 1. The molecule has 0 aliphatic carbocycles. The highest BCUT2D eigenvalue weighted by molar-refractivity contribution is 7.45. The van der Waals surface area contributed by atoms with Crippen LogP contribution in [0, 0.1) is 0 Å². The summed E-state index contributed by atoms with van der Waals surface area (Å²) in [7, 11) is 1.10. The number of carbonyl (C=O) groups is 2. The second-order valence-corrected chi connectivity index (χ2v) is 16.2. The van der Waals surface area contributed by atoms with Crippen LogP contribution in [0.1, 0.15) is 142 Å². The third-order valence-electron chi connectivity index (χ3n) is 8.46. The van der Waals surface area contributed by atoms with E-state index in [1.54, 1.807) is 6.08 Å². The quantitative estimate of drug-likeness (QED) is 0.0165. The van der Waals surface area contributed by atoms with Gasteiger partial charge in [0.2, 0.25) is 0 Å². The van der Waals surface area contributed by atoms with Crippen molar-refractivity contribution in [2.24, 2.45) is 0 Å². The number of aliphatic hydroxyl groups excluding tert-OH is 1. The molecule has 0 amide bonds. The van der Waals surface area contributed by atoms with Crippen molar-refractivity contribution in [2.75, 3.05) is 47.5 Å². The fourth-order valence-electron chi connectivity index (χ4n) is 5.05. The largest absolute Gasteiger partial charge is 0.756 e. The van der Waals surface area contributed by atoms with E-state index in [-0.39, 0.29) is 32.2 Å². The number of esters is 2. The summed E-state index contributed by atoms with van der Waals surface area (Å²) in [4.78, 5) is 37.4. The molecule has 0 aromatic carbocycles. The lowest BCUT2D eigenvalue weighted by atomic mass is 10.0. The highest BCUT2D eigenvalue weighted by Crippen LogP contribution is 2.38. The van der Waals surface area contributed by atoms with Crippen LogP contribution in [0.2, 0.25) is 0 Å². The molecule has 1 N–H and O–H groups in total. The molecule has 0 aromatic rings. The summed E-state index contributed by atoms with van der Waals surface area (Å²) in [5.41, 5.74) is 0. The first kappa shape index (κ1) is 51.7. The molecule has 11 heteroatoms. The molecule has 0 radical (unpaired) electrons. The number of unbranched alkanes of at least 4 members (excludes halogenated alkanes) is 12. The fourth-order valence-corrected chi connectivity index (χ4v) is 5.78. The second-order valence-electron chi connectivity index (χ2n) is 14.8. The predicted octanol–water partition coefficient (Wildman–Crippen LogP) is 9.63. The van der Waals surface area contributed by atoms with Gasteiger partial charge in [0.25, 0.3) is 7.82 Å². The van der Waals surface area contributed by atoms with Crippen LogP contribution in [0.5, 0.6) is 0 Å². The first-order valence-electron chi connectivity index (χ1n) is 20.6. The number of allylic oxidation sites excluding steroid dienone is 9. The molecule has 3 atom stereocenters. The molecule has 0 rings (SSSR count). The van der Waals surface area contributed by atoms with Gasteiger partial charge in [-0.25, -0.2) is 0 Å². The number of rotatable bonds is 36. The fraction of sp³-hybridized carbons (Fsp3) is 0.721. The van der Waals surface area contributed by atoms with E-state index in [9.17, 15) is 24.2 Å². The van der Waals surface area contributed by atoms with Crippen molar-refractivity contribution in [3.05, 3.63) is 60.8 Å². The molecule has 0 aliphatic heterocycles. The van der Waals surface area contributed by atoms with E-state index < -0.39 is 32.5 Å². The van der Waals surface area contributed by atoms with Crippen LogP contribution < -0.4 is 4.89 Å². The maximum Gasteiger partial charge on any atom is 0.306 e. The molecule has 0 spiro atoms. The highest BCUT2D eigenvalue weighted by atomic mass is 31.2. The van der Waals surface area contributed by atoms with Gasteiger partial charge in [0.15, 0.2) is 6.10 Å². The minimum Gasteiger partial charge on any atom is -0.756 e. The SMILES string of the molecule is CCCCCCCCCCCCCCC(=O)OC[C@H](COP(=O)([O-])OCC[N+](C)(C)C)OC(=O)CCC/C=C\C/C=C\C/C=C\C/C=C\C=C\[C@H](O)CC. The Balaban J connectivity index is 4.53. The summed E-state index contributed by atoms with van der Waals surface area (Å²) in [5, 5.41) is 9.47. The van der Waals surface area contributed by atoms with E-state index in [1.165, 1.54) is 57.8 Å². The summed E-state index contributed by atoms with van der Waals surface area (Å²) >= 11 is 0. The van der Waals surface area contributed by atoms with Gasteiger partial charge in [-0.15, -0.1) is 0 Å². The third kappa shape index (κ3) is 38.0. The second kappa shape index (κ2) is 35.1. The minimum atomic E-state index is -4.65. The van der Waals surface area contributed by atoms with Crippen LogP contribution in [0.3, 0.4) is 0 Å². The van der Waals surface area contributed by atoms with Crippen molar-refractivity contribution in [3.63, 3.8) is 0 Å². The number of likely N-dealkylation sites (N-methyl/N-ethyl adjacent to an activating group) is 1. The van der Waals surface area contributed by atoms with E-state index in [0.717, 1.165) is 38.5 Å². The van der Waals surface area contributed by atoms with Crippen LogP contribution in [-0.2, 0) is 32.7 Å². The van der Waals surface area contributed by atoms with Crippen LogP contribution >= 0.6 is 7.82 Å². The van der Waals surface area contributed by atoms with Crippen LogP contribution in [0.15, 0.2) is 60.8 Å². The number of phosphoric acid groups is 1. The number of hydrogen-bond donors (Lipinski definition) is 1. The van der Waals surface area contributed by atoms with Gasteiger partial charge in [-0.2, -0.15) is 0 Å². The lowest BCUT2D eigenvalue weighted by Crippen LogP contribution is -2.37. The average Bonchev–Trinajstić information content (AvgIpc) is 3.12. The molecule has 0 aliphatic rings. The Morgan fingerprint density at radius 2 is 1.22 bits per heavy atom. The molecule has 0 heterocycles. The van der Waals surface area contributed by atoms with Crippen molar-refractivity contribution in [3.8, 4) is 0 Å². The molecule has 54 heavy (non-hydrogen) atoms. The number of aliphatic hydroxyl groups is 1. The molecule has 0 saturated heterocycles. The summed E-state index contributed by atoms with van der Waals surface area (Å²) < 4.78 is 33.7. The number of carbonyl (C=O) groups excluding carboxylic acids is 2. The van der Waals surface area contributed by atoms with E-state index in [4.69, 9.17) is 18.5 Å². The molecule has 312 valence electrons. The van der Waals surface area contributed by atoms with Crippen molar-refractivity contribution in [2.45, 2.75) is 154 Å². The molecule has 10 nitrogen and oxygen atoms in total. The maximum atomic E-state index is 12.6. The van der Waals surface area contributed by atoms with Gasteiger partial charge in [-0.05, 0) is 44.9 Å². The van der Waals surface area contributed by atoms with Gasteiger partial charge in [0.05, 0.1) is 33.9 Å². The van der Waals surface area contributed by atoms with Crippen LogP contribution in [0.4, 0.5) is 0 Å². The Hall–Kier alpha value is -2.33. The number of hydrogen-bond acceptors (Lipinski definition) is 9. The topological polar surface area (TPSA) is 131 Å². The first-order valence-corrected chi connectivity index (χ1v) is 22.1. The van der Waals surface area contributed by atoms with E-state index in [0.29, 0.717) is 30.3 Å². The molecule has 0 fully saturated rings. The van der Waals surface area contributed by atoms with Gasteiger partial charge in [-0.3, -0.25) is 14.2 Å². The summed E-state index contributed by atoms with van der Waals surface area (Å²) in [6, 6.07) is 0. The van der Waals surface area contributed by atoms with Crippen molar-refractivity contribution in [1.82, 2.24) is 0 Å². The number of ether oxygens (including phenoxy) is 2. The van der Waals surface area contributed by atoms with Gasteiger partial charge >= 0.3 is 11.9 Å². The lowest BCUT2D eigenvalue weighted by molar-refractivity contribution is -0.870. The van der Waals surface area contributed by atoms with Gasteiger partial charge in [0.1, 0.15) is 19.8 Å². The normalized spacial score (nSPS) is 14.9. The minimum absolute atomic E-state index is 0.0496. The van der Waals surface area contributed by atoms with Gasteiger partial charge in [0, 0.05) is 12.8 Å². The van der Waals surface area contributed by atoms with Crippen molar-refractivity contribution >= 4 is 19.8 Å². The van der Waals surface area contributed by atoms with Gasteiger partial charge in [-0.1, -0.05) is 145 Å². The molecular formula is C43H76NO9P. The smallest absolute Gasteiger partial charge is 0.306 e. The van der Waals surface area contributed by atoms with E-state index >= 15 is 0 Å². The summed E-state index contributed by atoms with van der Waals surface area (Å²) in [6.07, 6.45) is 37.8. The first-order chi connectivity index (χ1) is 25.9. The Kier molecular flexibility index (Phi) is 33.6. The maximum absolute atomic E-state index is 12.6. The summed E-state index contributed by atoms with van der Waals surface area (Å²) in [5.74, 6) is -0.926. The monoisotopic (exact) mass is 782 g/mol. The van der Waals surface area contributed by atoms with Crippen LogP contribution in [0.25, 0.3) is 0 Å². The number of nitrogens with zero attached hydrogens (tertiary/aromatic N) is 1. The molecule has 0 bridgehead atoms. The van der Waals surface area contributed by atoms with Crippen molar-refractivity contribution in [1.29, 1.82) is 0 Å². The molecular weight excluding hydrogens is 705 g/mol. The molecule has 0 saturated carbocycles. The Bertz CT molecular complexity index is 1130. The average molecular weight is 782 g/mol. The highest BCUT2D eigenvalue weighted by Gasteiger charge is 2.21. The van der Waals surface area contributed by atoms with E-state index in [1.807, 2.05) is 58.4 Å². The zero-order valence-corrected chi connectivity index (χ0v) is 35.4. The Morgan fingerprint density at radius 3 is 1.80 bits per heavy atom. The Labute approximate surface area is 329 Å².